The van der Waals surface area contributed by atoms with Gasteiger partial charge in [0.15, 0.2) is 5.78 Å². The zero-order valence-electron chi connectivity index (χ0n) is 12.1. The number of Topliss-reactive ketones (excluding diaryl/α,β-unsaturated/α-hetero) is 1. The van der Waals surface area contributed by atoms with Gasteiger partial charge in [0.25, 0.3) is 0 Å². The standard InChI is InChI=1S/C17H20N2O/c1-13-7-8-15-14(11-13)5-3-10-19(15)12-17(20)16-6-4-9-18(16)2/h4,6-9,11H,3,5,10,12H2,1-2H3. The van der Waals surface area contributed by atoms with E-state index in [2.05, 4.69) is 30.0 Å². The Bertz CT molecular complexity index is 642. The molecule has 0 radical (unpaired) electrons. The van der Waals surface area contributed by atoms with Crippen LogP contribution < -0.4 is 4.90 Å². The number of rotatable bonds is 3. The second-order valence-corrected chi connectivity index (χ2v) is 5.58. The van der Waals surface area contributed by atoms with Crippen LogP contribution in [0.4, 0.5) is 5.69 Å². The molecule has 0 spiro atoms. The van der Waals surface area contributed by atoms with Gasteiger partial charge in [0, 0.05) is 25.5 Å². The normalized spacial score (nSPS) is 14.2. The third kappa shape index (κ3) is 2.36. The molecule has 0 amide bonds. The van der Waals surface area contributed by atoms with Crippen LogP contribution in [0.25, 0.3) is 0 Å². The van der Waals surface area contributed by atoms with Crippen molar-refractivity contribution in [2.24, 2.45) is 7.05 Å². The van der Waals surface area contributed by atoms with Gasteiger partial charge in [-0.2, -0.15) is 0 Å². The van der Waals surface area contributed by atoms with Gasteiger partial charge in [0.2, 0.25) is 0 Å². The fraction of sp³-hybridized carbons (Fsp3) is 0.353. The molecule has 3 heteroatoms. The predicted octanol–water partition coefficient (Wildman–Crippen LogP) is 2.97. The van der Waals surface area contributed by atoms with Gasteiger partial charge in [-0.05, 0) is 43.5 Å². The number of carbonyl (C=O) groups is 1. The molecule has 2 heterocycles. The van der Waals surface area contributed by atoms with Crippen molar-refractivity contribution in [3.8, 4) is 0 Å². The van der Waals surface area contributed by atoms with Gasteiger partial charge in [-0.25, -0.2) is 0 Å². The number of benzene rings is 1. The number of aromatic nitrogens is 1. The Kier molecular flexibility index (Phi) is 3.35. The zero-order chi connectivity index (χ0) is 14.1. The van der Waals surface area contributed by atoms with Crippen LogP contribution in [0, 0.1) is 6.92 Å². The summed E-state index contributed by atoms with van der Waals surface area (Å²) in [5.41, 5.74) is 4.67. The lowest BCUT2D eigenvalue weighted by atomic mass is 9.99. The molecule has 0 fully saturated rings. The molecule has 1 aromatic heterocycles. The van der Waals surface area contributed by atoms with Crippen LogP contribution in [-0.2, 0) is 13.5 Å². The molecule has 1 aliphatic rings. The van der Waals surface area contributed by atoms with Crippen LogP contribution in [0.3, 0.4) is 0 Å². The van der Waals surface area contributed by atoms with Gasteiger partial charge >= 0.3 is 0 Å². The van der Waals surface area contributed by atoms with Crippen LogP contribution in [0.15, 0.2) is 36.5 Å². The molecular formula is C17H20N2O. The summed E-state index contributed by atoms with van der Waals surface area (Å²) in [6.07, 6.45) is 4.16. The summed E-state index contributed by atoms with van der Waals surface area (Å²) in [4.78, 5) is 14.6. The molecule has 0 unspecified atom stereocenters. The topological polar surface area (TPSA) is 25.2 Å². The monoisotopic (exact) mass is 268 g/mol. The van der Waals surface area contributed by atoms with Crippen LogP contribution >= 0.6 is 0 Å². The van der Waals surface area contributed by atoms with E-state index in [1.54, 1.807) is 0 Å². The Morgan fingerprint density at radius 1 is 1.30 bits per heavy atom. The van der Waals surface area contributed by atoms with Gasteiger partial charge in [-0.15, -0.1) is 0 Å². The van der Waals surface area contributed by atoms with Crippen LogP contribution in [0.2, 0.25) is 0 Å². The Balaban J connectivity index is 1.83. The highest BCUT2D eigenvalue weighted by molar-refractivity contribution is 5.98. The first-order chi connectivity index (χ1) is 9.65. The van der Waals surface area contributed by atoms with Crippen molar-refractivity contribution in [1.82, 2.24) is 4.57 Å². The largest absolute Gasteiger partial charge is 0.364 e. The predicted molar refractivity (Wildman–Crippen MR) is 81.5 cm³/mol. The highest BCUT2D eigenvalue weighted by atomic mass is 16.1. The molecule has 0 saturated heterocycles. The lowest BCUT2D eigenvalue weighted by Crippen LogP contribution is -2.34. The van der Waals surface area contributed by atoms with Crippen molar-refractivity contribution in [3.05, 3.63) is 53.3 Å². The fourth-order valence-electron chi connectivity index (χ4n) is 2.97. The summed E-state index contributed by atoms with van der Waals surface area (Å²) < 4.78 is 1.89. The van der Waals surface area contributed by atoms with E-state index in [1.807, 2.05) is 29.9 Å². The quantitative estimate of drug-likeness (QED) is 0.800. The van der Waals surface area contributed by atoms with E-state index >= 15 is 0 Å². The summed E-state index contributed by atoms with van der Waals surface area (Å²) in [6.45, 7) is 3.55. The van der Waals surface area contributed by atoms with Gasteiger partial charge in [-0.1, -0.05) is 17.7 Å². The van der Waals surface area contributed by atoms with Crippen molar-refractivity contribution in [3.63, 3.8) is 0 Å². The maximum Gasteiger partial charge on any atom is 0.198 e. The van der Waals surface area contributed by atoms with Crippen LogP contribution in [0.5, 0.6) is 0 Å². The number of hydrogen-bond donors (Lipinski definition) is 0. The molecule has 3 nitrogen and oxygen atoms in total. The summed E-state index contributed by atoms with van der Waals surface area (Å²) in [5, 5.41) is 0. The lowest BCUT2D eigenvalue weighted by molar-refractivity contribution is 0.0991. The van der Waals surface area contributed by atoms with E-state index in [4.69, 9.17) is 0 Å². The number of hydrogen-bond acceptors (Lipinski definition) is 2. The fourth-order valence-corrected chi connectivity index (χ4v) is 2.97. The Morgan fingerprint density at radius 3 is 2.90 bits per heavy atom. The van der Waals surface area contributed by atoms with E-state index in [0.29, 0.717) is 6.54 Å². The van der Waals surface area contributed by atoms with Gasteiger partial charge in [0.1, 0.15) is 0 Å². The second kappa shape index (κ2) is 5.16. The number of fused-ring (bicyclic) bond motifs is 1. The molecule has 0 N–H and O–H groups in total. The average molecular weight is 268 g/mol. The maximum absolute atomic E-state index is 12.4. The first-order valence-electron chi connectivity index (χ1n) is 7.14. The molecule has 2 aromatic rings. The molecule has 0 bridgehead atoms. The number of aryl methyl sites for hydroxylation is 3. The molecule has 3 rings (SSSR count). The lowest BCUT2D eigenvalue weighted by Gasteiger charge is -2.31. The van der Waals surface area contributed by atoms with E-state index < -0.39 is 0 Å². The van der Waals surface area contributed by atoms with Crippen molar-refractivity contribution < 1.29 is 4.79 Å². The zero-order valence-corrected chi connectivity index (χ0v) is 12.1. The Hall–Kier alpha value is -2.03. The number of anilines is 1. The summed E-state index contributed by atoms with van der Waals surface area (Å²) in [5.74, 6) is 0.186. The Labute approximate surface area is 119 Å². The molecule has 1 aliphatic heterocycles. The van der Waals surface area contributed by atoms with Crippen LogP contribution in [0.1, 0.15) is 28.0 Å². The Morgan fingerprint density at radius 2 is 2.15 bits per heavy atom. The number of ketones is 1. The number of nitrogens with zero attached hydrogens (tertiary/aromatic N) is 2. The minimum atomic E-state index is 0.186. The maximum atomic E-state index is 12.4. The molecule has 0 saturated carbocycles. The summed E-state index contributed by atoms with van der Waals surface area (Å²) >= 11 is 0. The van der Waals surface area contributed by atoms with Gasteiger partial charge in [-0.3, -0.25) is 4.79 Å². The highest BCUT2D eigenvalue weighted by Crippen LogP contribution is 2.28. The summed E-state index contributed by atoms with van der Waals surface area (Å²) in [7, 11) is 1.92. The molecule has 20 heavy (non-hydrogen) atoms. The molecule has 104 valence electrons. The van der Waals surface area contributed by atoms with Crippen molar-refractivity contribution in [2.75, 3.05) is 18.0 Å². The van der Waals surface area contributed by atoms with E-state index in [1.165, 1.54) is 16.8 Å². The van der Waals surface area contributed by atoms with Gasteiger partial charge < -0.3 is 9.47 Å². The first kappa shape index (κ1) is 13.0. The van der Waals surface area contributed by atoms with Crippen molar-refractivity contribution in [2.45, 2.75) is 19.8 Å². The second-order valence-electron chi connectivity index (χ2n) is 5.58. The minimum absolute atomic E-state index is 0.186. The minimum Gasteiger partial charge on any atom is -0.364 e. The SMILES string of the molecule is Cc1ccc2c(c1)CCCN2CC(=O)c1cccn1C. The average Bonchev–Trinajstić information content (AvgIpc) is 2.85. The smallest absolute Gasteiger partial charge is 0.198 e. The van der Waals surface area contributed by atoms with Crippen LogP contribution in [-0.4, -0.2) is 23.4 Å². The highest BCUT2D eigenvalue weighted by Gasteiger charge is 2.20. The third-order valence-corrected chi connectivity index (χ3v) is 4.01. The molecule has 0 aliphatic carbocycles. The number of carbonyl (C=O) groups excluding carboxylic acids is 1. The first-order valence-corrected chi connectivity index (χ1v) is 7.14. The molecule has 1 aromatic carbocycles. The molecule has 0 atom stereocenters. The van der Waals surface area contributed by atoms with E-state index in [-0.39, 0.29) is 5.78 Å². The van der Waals surface area contributed by atoms with Crippen molar-refractivity contribution >= 4 is 11.5 Å². The molecular weight excluding hydrogens is 248 g/mol. The third-order valence-electron chi connectivity index (χ3n) is 4.01. The van der Waals surface area contributed by atoms with E-state index in [9.17, 15) is 4.79 Å². The summed E-state index contributed by atoms with van der Waals surface area (Å²) in [6, 6.07) is 10.3. The van der Waals surface area contributed by atoms with Gasteiger partial charge in [0.05, 0.1) is 12.2 Å². The van der Waals surface area contributed by atoms with Crippen molar-refractivity contribution in [1.29, 1.82) is 0 Å². The van der Waals surface area contributed by atoms with E-state index in [0.717, 1.165) is 25.1 Å².